The van der Waals surface area contributed by atoms with Crippen molar-refractivity contribution in [2.45, 2.75) is 50.7 Å². The molecule has 2 heteroatoms. The van der Waals surface area contributed by atoms with Crippen LogP contribution >= 0.6 is 0 Å². The van der Waals surface area contributed by atoms with E-state index in [9.17, 15) is 5.11 Å². The highest BCUT2D eigenvalue weighted by Gasteiger charge is 2.26. The Morgan fingerprint density at radius 1 is 1.21 bits per heavy atom. The van der Waals surface area contributed by atoms with E-state index in [2.05, 4.69) is 16.8 Å². The molecule has 0 spiro atoms. The van der Waals surface area contributed by atoms with Crippen LogP contribution < -0.4 is 0 Å². The second-order valence-corrected chi connectivity index (χ2v) is 4.62. The SMILES string of the molecule is OC1CCCc2c1ccn2C1CCC1. The van der Waals surface area contributed by atoms with Crippen LogP contribution in [0.1, 0.15) is 55.5 Å². The van der Waals surface area contributed by atoms with Gasteiger partial charge in [0.15, 0.2) is 0 Å². The Hall–Kier alpha value is -0.760. The van der Waals surface area contributed by atoms with E-state index < -0.39 is 0 Å². The fourth-order valence-electron chi connectivity index (χ4n) is 2.70. The number of aromatic nitrogens is 1. The fraction of sp³-hybridized carbons (Fsp3) is 0.667. The van der Waals surface area contributed by atoms with Crippen LogP contribution in [0.25, 0.3) is 0 Å². The van der Waals surface area contributed by atoms with Crippen LogP contribution in [0.3, 0.4) is 0 Å². The minimum atomic E-state index is -0.194. The van der Waals surface area contributed by atoms with E-state index in [1.165, 1.54) is 30.5 Å². The highest BCUT2D eigenvalue weighted by molar-refractivity contribution is 5.28. The molecule has 1 fully saturated rings. The van der Waals surface area contributed by atoms with E-state index in [1.54, 1.807) is 0 Å². The maximum atomic E-state index is 9.83. The molecule has 0 amide bonds. The first-order chi connectivity index (χ1) is 6.86. The van der Waals surface area contributed by atoms with Crippen molar-refractivity contribution in [3.8, 4) is 0 Å². The summed E-state index contributed by atoms with van der Waals surface area (Å²) in [7, 11) is 0. The number of nitrogens with zero attached hydrogens (tertiary/aromatic N) is 1. The first kappa shape index (κ1) is 8.54. The average molecular weight is 191 g/mol. The third-order valence-corrected chi connectivity index (χ3v) is 3.78. The van der Waals surface area contributed by atoms with Crippen LogP contribution in [0.5, 0.6) is 0 Å². The summed E-state index contributed by atoms with van der Waals surface area (Å²) in [5, 5.41) is 9.83. The van der Waals surface area contributed by atoms with Crippen molar-refractivity contribution < 1.29 is 5.11 Å². The Morgan fingerprint density at radius 2 is 2.07 bits per heavy atom. The highest BCUT2D eigenvalue weighted by atomic mass is 16.3. The summed E-state index contributed by atoms with van der Waals surface area (Å²) in [4.78, 5) is 0. The van der Waals surface area contributed by atoms with E-state index in [0.717, 1.165) is 25.3 Å². The molecule has 3 rings (SSSR count). The number of hydrogen-bond donors (Lipinski definition) is 1. The van der Waals surface area contributed by atoms with Crippen molar-refractivity contribution >= 4 is 0 Å². The summed E-state index contributed by atoms with van der Waals surface area (Å²) >= 11 is 0. The molecule has 14 heavy (non-hydrogen) atoms. The van der Waals surface area contributed by atoms with Gasteiger partial charge in [0, 0.05) is 23.5 Å². The van der Waals surface area contributed by atoms with Crippen molar-refractivity contribution in [1.82, 2.24) is 4.57 Å². The van der Waals surface area contributed by atoms with E-state index in [-0.39, 0.29) is 6.10 Å². The molecule has 0 bridgehead atoms. The second-order valence-electron chi connectivity index (χ2n) is 4.62. The Labute approximate surface area is 84.6 Å². The zero-order valence-corrected chi connectivity index (χ0v) is 8.45. The van der Waals surface area contributed by atoms with Crippen LogP contribution in [0.4, 0.5) is 0 Å². The summed E-state index contributed by atoms with van der Waals surface area (Å²) in [6, 6.07) is 2.86. The monoisotopic (exact) mass is 191 g/mol. The Balaban J connectivity index is 1.97. The standard InChI is InChI=1S/C12H17NO/c14-12-6-2-5-11-10(12)7-8-13(11)9-3-1-4-9/h7-9,12,14H,1-6H2. The van der Waals surface area contributed by atoms with Gasteiger partial charge in [-0.2, -0.15) is 0 Å². The number of rotatable bonds is 1. The van der Waals surface area contributed by atoms with Gasteiger partial charge in [0.2, 0.25) is 0 Å². The van der Waals surface area contributed by atoms with Gasteiger partial charge in [0.25, 0.3) is 0 Å². The molecule has 2 aliphatic carbocycles. The van der Waals surface area contributed by atoms with Crippen LogP contribution in [0, 0.1) is 0 Å². The van der Waals surface area contributed by atoms with Crippen molar-refractivity contribution in [2.24, 2.45) is 0 Å². The molecule has 1 aromatic heterocycles. The molecule has 0 aliphatic heterocycles. The molecule has 1 saturated carbocycles. The molecule has 2 aliphatic rings. The van der Waals surface area contributed by atoms with E-state index >= 15 is 0 Å². The first-order valence-electron chi connectivity index (χ1n) is 5.74. The molecular weight excluding hydrogens is 174 g/mol. The molecule has 76 valence electrons. The van der Waals surface area contributed by atoms with E-state index in [1.807, 2.05) is 0 Å². The van der Waals surface area contributed by atoms with Crippen molar-refractivity contribution in [2.75, 3.05) is 0 Å². The first-order valence-corrected chi connectivity index (χ1v) is 5.74. The third kappa shape index (κ3) is 1.13. The summed E-state index contributed by atoms with van der Waals surface area (Å²) in [5.41, 5.74) is 2.61. The quantitative estimate of drug-likeness (QED) is 0.725. The zero-order valence-electron chi connectivity index (χ0n) is 8.45. The molecule has 1 atom stereocenters. The van der Waals surface area contributed by atoms with Crippen molar-refractivity contribution in [1.29, 1.82) is 0 Å². The van der Waals surface area contributed by atoms with Crippen LogP contribution in [-0.2, 0) is 6.42 Å². The van der Waals surface area contributed by atoms with Crippen LogP contribution in [0.2, 0.25) is 0 Å². The molecule has 0 aromatic carbocycles. The van der Waals surface area contributed by atoms with E-state index in [4.69, 9.17) is 0 Å². The van der Waals surface area contributed by atoms with Gasteiger partial charge in [-0.1, -0.05) is 0 Å². The predicted octanol–water partition coefficient (Wildman–Crippen LogP) is 2.58. The van der Waals surface area contributed by atoms with Gasteiger partial charge in [0.05, 0.1) is 6.10 Å². The molecule has 1 heterocycles. The lowest BCUT2D eigenvalue weighted by Gasteiger charge is -2.31. The summed E-state index contributed by atoms with van der Waals surface area (Å²) in [6.45, 7) is 0. The summed E-state index contributed by atoms with van der Waals surface area (Å²) < 4.78 is 2.42. The third-order valence-electron chi connectivity index (χ3n) is 3.78. The maximum absolute atomic E-state index is 9.83. The van der Waals surface area contributed by atoms with Gasteiger partial charge in [-0.15, -0.1) is 0 Å². The molecule has 0 saturated heterocycles. The van der Waals surface area contributed by atoms with Gasteiger partial charge in [-0.25, -0.2) is 0 Å². The fourth-order valence-corrected chi connectivity index (χ4v) is 2.70. The second kappa shape index (κ2) is 3.13. The van der Waals surface area contributed by atoms with Gasteiger partial charge < -0.3 is 9.67 Å². The predicted molar refractivity (Wildman–Crippen MR) is 55.2 cm³/mol. The normalized spacial score (nSPS) is 27.1. The number of aliphatic hydroxyl groups is 1. The van der Waals surface area contributed by atoms with Gasteiger partial charge in [-0.05, 0) is 44.6 Å². The van der Waals surface area contributed by atoms with Gasteiger partial charge in [-0.3, -0.25) is 0 Å². The lowest BCUT2D eigenvalue weighted by molar-refractivity contribution is 0.154. The smallest absolute Gasteiger partial charge is 0.0807 e. The largest absolute Gasteiger partial charge is 0.388 e. The summed E-state index contributed by atoms with van der Waals surface area (Å²) in [5.74, 6) is 0. The maximum Gasteiger partial charge on any atom is 0.0807 e. The minimum Gasteiger partial charge on any atom is -0.388 e. The highest BCUT2D eigenvalue weighted by Crippen LogP contribution is 2.38. The molecule has 2 nitrogen and oxygen atoms in total. The Kier molecular flexibility index (Phi) is 1.91. The minimum absolute atomic E-state index is 0.194. The zero-order chi connectivity index (χ0) is 9.54. The summed E-state index contributed by atoms with van der Waals surface area (Å²) in [6.07, 6.45) is 9.28. The number of hydrogen-bond acceptors (Lipinski definition) is 1. The molecule has 0 radical (unpaired) electrons. The molecular formula is C12H17NO. The van der Waals surface area contributed by atoms with Crippen LogP contribution in [0.15, 0.2) is 12.3 Å². The lowest BCUT2D eigenvalue weighted by atomic mass is 9.91. The lowest BCUT2D eigenvalue weighted by Crippen LogP contribution is -2.20. The molecule has 1 N–H and O–H groups in total. The Morgan fingerprint density at radius 3 is 2.79 bits per heavy atom. The van der Waals surface area contributed by atoms with Crippen molar-refractivity contribution in [3.05, 3.63) is 23.5 Å². The topological polar surface area (TPSA) is 25.2 Å². The van der Waals surface area contributed by atoms with Gasteiger partial charge in [0.1, 0.15) is 0 Å². The Bertz CT molecular complexity index is 338. The van der Waals surface area contributed by atoms with Crippen LogP contribution in [-0.4, -0.2) is 9.67 Å². The molecule has 1 aromatic rings. The average Bonchev–Trinajstić information content (AvgIpc) is 2.48. The number of aliphatic hydroxyl groups excluding tert-OH is 1. The van der Waals surface area contributed by atoms with E-state index in [0.29, 0.717) is 0 Å². The molecule has 1 unspecified atom stereocenters. The van der Waals surface area contributed by atoms with Gasteiger partial charge >= 0.3 is 0 Å². The number of fused-ring (bicyclic) bond motifs is 1. The van der Waals surface area contributed by atoms with Crippen molar-refractivity contribution in [3.63, 3.8) is 0 Å².